The molecule has 1 heterocycles. The summed E-state index contributed by atoms with van der Waals surface area (Å²) in [6.45, 7) is 1.59. The standard InChI is InChI=1S/C8H9FN2O2/c1-4-2-6(9)11-3-5(4)7(10)8(12)13/h2-3,7H,10H2,1H3,(H,12,13). The lowest BCUT2D eigenvalue weighted by Gasteiger charge is -2.08. The van der Waals surface area contributed by atoms with Crippen molar-refractivity contribution in [3.05, 3.63) is 29.3 Å². The summed E-state index contributed by atoms with van der Waals surface area (Å²) in [7, 11) is 0. The van der Waals surface area contributed by atoms with Crippen LogP contribution in [-0.2, 0) is 4.79 Å². The first-order valence-electron chi connectivity index (χ1n) is 3.63. The van der Waals surface area contributed by atoms with E-state index in [-0.39, 0.29) is 0 Å². The van der Waals surface area contributed by atoms with E-state index in [1.807, 2.05) is 0 Å². The van der Waals surface area contributed by atoms with Crippen LogP contribution in [0.5, 0.6) is 0 Å². The number of hydrogen-bond donors (Lipinski definition) is 2. The minimum absolute atomic E-state index is 0.328. The number of hydrogen-bond acceptors (Lipinski definition) is 3. The first-order chi connectivity index (χ1) is 6.02. The van der Waals surface area contributed by atoms with Gasteiger partial charge in [0.1, 0.15) is 6.04 Å². The van der Waals surface area contributed by atoms with Crippen molar-refractivity contribution in [1.29, 1.82) is 0 Å². The molecule has 1 rings (SSSR count). The van der Waals surface area contributed by atoms with E-state index in [0.717, 1.165) is 12.3 Å². The van der Waals surface area contributed by atoms with Gasteiger partial charge >= 0.3 is 5.97 Å². The maximum Gasteiger partial charge on any atom is 0.325 e. The number of rotatable bonds is 2. The molecule has 0 aliphatic heterocycles. The maximum absolute atomic E-state index is 12.5. The summed E-state index contributed by atoms with van der Waals surface area (Å²) in [6, 6.07) is 0.00565. The zero-order chi connectivity index (χ0) is 10.0. The molecule has 70 valence electrons. The van der Waals surface area contributed by atoms with E-state index in [1.165, 1.54) is 0 Å². The van der Waals surface area contributed by atoms with Crippen LogP contribution >= 0.6 is 0 Å². The molecule has 0 aliphatic carbocycles. The van der Waals surface area contributed by atoms with Crippen LogP contribution in [0.1, 0.15) is 17.2 Å². The van der Waals surface area contributed by atoms with Crippen molar-refractivity contribution in [2.24, 2.45) is 5.73 Å². The van der Waals surface area contributed by atoms with E-state index in [0.29, 0.717) is 11.1 Å². The second kappa shape index (κ2) is 3.49. The van der Waals surface area contributed by atoms with Crippen LogP contribution in [0.25, 0.3) is 0 Å². The molecular weight excluding hydrogens is 175 g/mol. The quantitative estimate of drug-likeness (QED) is 0.660. The lowest BCUT2D eigenvalue weighted by molar-refractivity contribution is -0.138. The highest BCUT2D eigenvalue weighted by atomic mass is 19.1. The van der Waals surface area contributed by atoms with Crippen molar-refractivity contribution in [1.82, 2.24) is 4.98 Å². The zero-order valence-electron chi connectivity index (χ0n) is 6.99. The van der Waals surface area contributed by atoms with Crippen LogP contribution in [-0.4, -0.2) is 16.1 Å². The zero-order valence-corrected chi connectivity index (χ0v) is 6.99. The van der Waals surface area contributed by atoms with E-state index in [1.54, 1.807) is 6.92 Å². The fourth-order valence-corrected chi connectivity index (χ4v) is 0.991. The van der Waals surface area contributed by atoms with E-state index >= 15 is 0 Å². The number of carbonyl (C=O) groups is 1. The lowest BCUT2D eigenvalue weighted by Crippen LogP contribution is -2.21. The Labute approximate surface area is 74.2 Å². The summed E-state index contributed by atoms with van der Waals surface area (Å²) >= 11 is 0. The molecule has 1 aromatic heterocycles. The van der Waals surface area contributed by atoms with Gasteiger partial charge in [-0.1, -0.05) is 0 Å². The molecule has 0 fully saturated rings. The number of aliphatic carboxylic acids is 1. The average molecular weight is 184 g/mol. The summed E-state index contributed by atoms with van der Waals surface area (Å²) in [4.78, 5) is 13.8. The number of nitrogens with zero attached hydrogens (tertiary/aromatic N) is 1. The van der Waals surface area contributed by atoms with Gasteiger partial charge in [-0.3, -0.25) is 4.79 Å². The molecule has 0 saturated carbocycles. The monoisotopic (exact) mass is 184 g/mol. The van der Waals surface area contributed by atoms with Gasteiger partial charge in [0.25, 0.3) is 0 Å². The van der Waals surface area contributed by atoms with Gasteiger partial charge < -0.3 is 10.8 Å². The molecule has 0 radical (unpaired) electrons. The van der Waals surface area contributed by atoms with Crippen molar-refractivity contribution in [3.63, 3.8) is 0 Å². The number of aryl methyl sites for hydroxylation is 1. The smallest absolute Gasteiger partial charge is 0.325 e. The van der Waals surface area contributed by atoms with Crippen molar-refractivity contribution in [2.75, 3.05) is 0 Å². The Morgan fingerprint density at radius 3 is 2.85 bits per heavy atom. The molecule has 13 heavy (non-hydrogen) atoms. The second-order valence-corrected chi connectivity index (χ2v) is 2.68. The molecule has 0 aromatic carbocycles. The fourth-order valence-electron chi connectivity index (χ4n) is 0.991. The first-order valence-corrected chi connectivity index (χ1v) is 3.63. The largest absolute Gasteiger partial charge is 0.480 e. The van der Waals surface area contributed by atoms with Crippen LogP contribution < -0.4 is 5.73 Å². The molecule has 1 atom stereocenters. The molecule has 1 unspecified atom stereocenters. The van der Waals surface area contributed by atoms with Gasteiger partial charge in [-0.15, -0.1) is 0 Å². The summed E-state index contributed by atoms with van der Waals surface area (Å²) in [5.74, 6) is -1.80. The molecule has 4 nitrogen and oxygen atoms in total. The third-order valence-corrected chi connectivity index (χ3v) is 1.72. The molecule has 0 spiro atoms. The summed E-state index contributed by atoms with van der Waals surface area (Å²) in [6.07, 6.45) is 1.14. The highest BCUT2D eigenvalue weighted by molar-refractivity contribution is 5.75. The molecule has 5 heteroatoms. The van der Waals surface area contributed by atoms with E-state index in [9.17, 15) is 9.18 Å². The lowest BCUT2D eigenvalue weighted by atomic mass is 10.1. The number of halogens is 1. The van der Waals surface area contributed by atoms with E-state index < -0.39 is 18.0 Å². The SMILES string of the molecule is Cc1cc(F)ncc1C(N)C(=O)O. The van der Waals surface area contributed by atoms with Crippen molar-refractivity contribution < 1.29 is 14.3 Å². The molecule has 0 bridgehead atoms. The minimum atomic E-state index is -1.16. The van der Waals surface area contributed by atoms with Crippen LogP contribution in [0.2, 0.25) is 0 Å². The van der Waals surface area contributed by atoms with Gasteiger partial charge in [-0.05, 0) is 18.6 Å². The average Bonchev–Trinajstić information content (AvgIpc) is 2.03. The maximum atomic E-state index is 12.5. The molecular formula is C8H9FN2O2. The predicted octanol–water partition coefficient (Wildman–Crippen LogP) is 0.614. The number of nitrogens with two attached hydrogens (primary N) is 1. The van der Waals surface area contributed by atoms with Crippen molar-refractivity contribution in [3.8, 4) is 0 Å². The minimum Gasteiger partial charge on any atom is -0.480 e. The Balaban J connectivity index is 3.08. The third-order valence-electron chi connectivity index (χ3n) is 1.72. The van der Waals surface area contributed by atoms with Crippen molar-refractivity contribution in [2.45, 2.75) is 13.0 Å². The van der Waals surface area contributed by atoms with Crippen LogP contribution in [0, 0.1) is 12.9 Å². The highest BCUT2D eigenvalue weighted by Crippen LogP contribution is 2.14. The van der Waals surface area contributed by atoms with Crippen molar-refractivity contribution >= 4 is 5.97 Å². The molecule has 1 aromatic rings. The Morgan fingerprint density at radius 2 is 2.38 bits per heavy atom. The molecule has 3 N–H and O–H groups in total. The van der Waals surface area contributed by atoms with Crippen LogP contribution in [0.3, 0.4) is 0 Å². The topological polar surface area (TPSA) is 76.2 Å². The number of carboxylic acid groups (broad SMARTS) is 1. The van der Waals surface area contributed by atoms with Gasteiger partial charge in [0.2, 0.25) is 5.95 Å². The van der Waals surface area contributed by atoms with E-state index in [2.05, 4.69) is 4.98 Å². The summed E-state index contributed by atoms with van der Waals surface area (Å²) in [5.41, 5.74) is 6.14. The second-order valence-electron chi connectivity index (χ2n) is 2.68. The fraction of sp³-hybridized carbons (Fsp3) is 0.250. The molecule has 0 saturated heterocycles. The Kier molecular flexibility index (Phi) is 2.57. The molecule has 0 aliphatic rings. The number of carboxylic acids is 1. The van der Waals surface area contributed by atoms with Crippen LogP contribution in [0.15, 0.2) is 12.3 Å². The highest BCUT2D eigenvalue weighted by Gasteiger charge is 2.16. The summed E-state index contributed by atoms with van der Waals surface area (Å²) < 4.78 is 12.5. The van der Waals surface area contributed by atoms with Gasteiger partial charge in [0.15, 0.2) is 0 Å². The summed E-state index contributed by atoms with van der Waals surface area (Å²) in [5, 5.41) is 8.58. The van der Waals surface area contributed by atoms with Crippen LogP contribution in [0.4, 0.5) is 4.39 Å². The number of pyridine rings is 1. The van der Waals surface area contributed by atoms with Gasteiger partial charge in [0.05, 0.1) is 0 Å². The normalized spacial score (nSPS) is 12.5. The van der Waals surface area contributed by atoms with Gasteiger partial charge in [-0.2, -0.15) is 4.39 Å². The third kappa shape index (κ3) is 2.00. The predicted molar refractivity (Wildman–Crippen MR) is 43.5 cm³/mol. The van der Waals surface area contributed by atoms with Gasteiger partial charge in [0, 0.05) is 11.8 Å². The Bertz CT molecular complexity index is 341. The van der Waals surface area contributed by atoms with Gasteiger partial charge in [-0.25, -0.2) is 4.98 Å². The molecule has 0 amide bonds. The van der Waals surface area contributed by atoms with E-state index in [4.69, 9.17) is 10.8 Å². The Hall–Kier alpha value is -1.49. The Morgan fingerprint density at radius 1 is 1.77 bits per heavy atom. The first kappa shape index (κ1) is 9.60. The number of aromatic nitrogens is 1.